The van der Waals surface area contributed by atoms with Gasteiger partial charge in [0, 0.05) is 35.4 Å². The molecule has 2 rings (SSSR count). The van der Waals surface area contributed by atoms with Crippen LogP contribution < -0.4 is 0 Å². The first-order valence-corrected chi connectivity index (χ1v) is 20.2. The first-order chi connectivity index (χ1) is 20.4. The topological polar surface area (TPSA) is 86.3 Å². The Balaban J connectivity index is 3.24. The number of nitro groups is 2. The molecule has 0 amide bonds. The van der Waals surface area contributed by atoms with Gasteiger partial charge in [-0.1, -0.05) is 107 Å². The minimum atomic E-state index is -2.37. The van der Waals surface area contributed by atoms with Gasteiger partial charge in [-0.15, -0.1) is 0 Å². The summed E-state index contributed by atoms with van der Waals surface area (Å²) < 4.78 is 0. The average Bonchev–Trinajstić information content (AvgIpc) is 2.92. The Morgan fingerprint density at radius 2 is 0.727 bits per heavy atom. The van der Waals surface area contributed by atoms with Crippen molar-refractivity contribution in [2.24, 2.45) is 0 Å². The minimum absolute atomic E-state index is 0.0436. The van der Waals surface area contributed by atoms with Crippen LogP contribution >= 0.6 is 0 Å². The van der Waals surface area contributed by atoms with E-state index in [4.69, 9.17) is 0 Å². The van der Waals surface area contributed by atoms with Crippen LogP contribution in [0.2, 0.25) is 33.2 Å². The second kappa shape index (κ2) is 15.0. The van der Waals surface area contributed by atoms with Crippen LogP contribution in [-0.2, 0) is 0 Å². The van der Waals surface area contributed by atoms with Gasteiger partial charge in [-0.25, -0.2) is 0 Å². The van der Waals surface area contributed by atoms with E-state index in [1.54, 1.807) is 24.3 Å². The lowest BCUT2D eigenvalue weighted by molar-refractivity contribution is -0.385. The quantitative estimate of drug-likeness (QED) is 0.113. The molecule has 2 aromatic rings. The number of nitro benzene ring substituents is 2. The van der Waals surface area contributed by atoms with E-state index in [9.17, 15) is 20.2 Å². The molecule has 0 aliphatic heterocycles. The Morgan fingerprint density at radius 1 is 0.500 bits per heavy atom. The normalized spacial score (nSPS) is 12.8. The molecule has 8 heteroatoms. The molecule has 0 aliphatic rings. The standard InChI is InChI=1S/C36H50N2O4Si2/c1-25(2)43(26(3)4,27(5)6)35(23-17-31-13-19-33(20-14-31)37(39)40)36(44(28(7)8,29(9)10)30(11)12)24-18-32-15-21-34(22-16-32)38(41)42/h13-16,19-22,25-30H,1-12H3/b36-35+. The van der Waals surface area contributed by atoms with Crippen LogP contribution in [0.25, 0.3) is 0 Å². The van der Waals surface area contributed by atoms with Gasteiger partial charge in [-0.05, 0) is 67.9 Å². The molecule has 0 unspecified atom stereocenters. The summed E-state index contributed by atoms with van der Waals surface area (Å²) in [6.45, 7) is 28.1. The number of non-ortho nitro benzene ring substituents is 2. The minimum Gasteiger partial charge on any atom is -0.258 e. The van der Waals surface area contributed by atoms with E-state index in [-0.39, 0.29) is 11.4 Å². The fourth-order valence-electron chi connectivity index (χ4n) is 8.11. The van der Waals surface area contributed by atoms with Crippen molar-refractivity contribution in [3.63, 3.8) is 0 Å². The van der Waals surface area contributed by atoms with E-state index >= 15 is 0 Å². The molecule has 236 valence electrons. The van der Waals surface area contributed by atoms with Gasteiger partial charge in [-0.3, -0.25) is 20.2 Å². The fourth-order valence-corrected chi connectivity index (χ4v) is 22.4. The van der Waals surface area contributed by atoms with Gasteiger partial charge in [0.05, 0.1) is 9.85 Å². The molecule has 0 saturated carbocycles. The molecule has 0 aromatic heterocycles. The second-order valence-electron chi connectivity index (χ2n) is 13.7. The maximum Gasteiger partial charge on any atom is 0.269 e. The summed E-state index contributed by atoms with van der Waals surface area (Å²) in [6, 6.07) is 13.0. The highest BCUT2D eigenvalue weighted by Gasteiger charge is 2.53. The van der Waals surface area contributed by atoms with Crippen molar-refractivity contribution in [1.29, 1.82) is 0 Å². The van der Waals surface area contributed by atoms with Crippen molar-refractivity contribution in [2.75, 3.05) is 0 Å². The van der Waals surface area contributed by atoms with Crippen molar-refractivity contribution in [1.82, 2.24) is 0 Å². The molecular weight excluding hydrogens is 581 g/mol. The van der Waals surface area contributed by atoms with Crippen molar-refractivity contribution < 1.29 is 9.85 Å². The summed E-state index contributed by atoms with van der Waals surface area (Å²) in [5.74, 6) is 14.4. The summed E-state index contributed by atoms with van der Waals surface area (Å²) >= 11 is 0. The number of allylic oxidation sites excluding steroid dienone is 2. The summed E-state index contributed by atoms with van der Waals surface area (Å²) in [4.78, 5) is 21.8. The van der Waals surface area contributed by atoms with Crippen LogP contribution in [-0.4, -0.2) is 26.0 Å². The van der Waals surface area contributed by atoms with Gasteiger partial charge in [0.15, 0.2) is 0 Å². The fraction of sp³-hybridized carbons (Fsp3) is 0.500. The van der Waals surface area contributed by atoms with Crippen molar-refractivity contribution in [3.8, 4) is 23.7 Å². The largest absolute Gasteiger partial charge is 0.269 e. The summed E-state index contributed by atoms with van der Waals surface area (Å²) in [6.07, 6.45) is 0. The predicted molar refractivity (Wildman–Crippen MR) is 189 cm³/mol. The number of nitrogens with zero attached hydrogens (tertiary/aromatic N) is 2. The third-order valence-corrected chi connectivity index (χ3v) is 23.9. The van der Waals surface area contributed by atoms with Crippen LogP contribution in [0.4, 0.5) is 11.4 Å². The lowest BCUT2D eigenvalue weighted by Gasteiger charge is -2.49. The Hall–Kier alpha value is -3.47. The Labute approximate surface area is 267 Å². The van der Waals surface area contributed by atoms with Crippen LogP contribution in [0, 0.1) is 43.9 Å². The first-order valence-electron chi connectivity index (χ1n) is 15.7. The smallest absolute Gasteiger partial charge is 0.258 e. The molecule has 6 nitrogen and oxygen atoms in total. The monoisotopic (exact) mass is 630 g/mol. The maximum absolute atomic E-state index is 11.3. The lowest BCUT2D eigenvalue weighted by atomic mass is 10.2. The first kappa shape index (κ1) is 36.7. The Morgan fingerprint density at radius 3 is 0.909 bits per heavy atom. The van der Waals surface area contributed by atoms with Gasteiger partial charge < -0.3 is 0 Å². The third-order valence-electron chi connectivity index (χ3n) is 9.67. The summed E-state index contributed by atoms with van der Waals surface area (Å²) in [5, 5.41) is 25.0. The van der Waals surface area contributed by atoms with E-state index < -0.39 is 26.0 Å². The summed E-state index contributed by atoms with van der Waals surface area (Å²) in [7, 11) is -4.74. The predicted octanol–water partition coefficient (Wildman–Crippen LogP) is 10.6. The Bertz CT molecular complexity index is 1320. The van der Waals surface area contributed by atoms with Gasteiger partial charge in [0.2, 0.25) is 0 Å². The molecule has 0 atom stereocenters. The molecule has 0 fully saturated rings. The molecule has 0 N–H and O–H groups in total. The van der Waals surface area contributed by atoms with Gasteiger partial charge >= 0.3 is 0 Å². The molecule has 0 aliphatic carbocycles. The number of rotatable bonds is 10. The second-order valence-corrected chi connectivity index (χ2v) is 25.3. The molecule has 0 radical (unpaired) electrons. The van der Waals surface area contributed by atoms with E-state index in [1.807, 2.05) is 0 Å². The highest BCUT2D eigenvalue weighted by molar-refractivity contribution is 6.97. The molecule has 0 saturated heterocycles. The number of hydrogen-bond donors (Lipinski definition) is 0. The molecule has 0 bridgehead atoms. The molecular formula is C36H50N2O4Si2. The highest BCUT2D eigenvalue weighted by Crippen LogP contribution is 2.53. The van der Waals surface area contributed by atoms with Gasteiger partial charge in [-0.2, -0.15) is 0 Å². The van der Waals surface area contributed by atoms with Crippen LogP contribution in [0.3, 0.4) is 0 Å². The molecule has 2 aromatic carbocycles. The van der Waals surface area contributed by atoms with Crippen molar-refractivity contribution >= 4 is 27.5 Å². The zero-order chi connectivity index (χ0) is 33.6. The lowest BCUT2D eigenvalue weighted by Crippen LogP contribution is -2.53. The van der Waals surface area contributed by atoms with E-state index in [0.29, 0.717) is 33.2 Å². The van der Waals surface area contributed by atoms with E-state index in [1.165, 1.54) is 34.7 Å². The van der Waals surface area contributed by atoms with E-state index in [0.717, 1.165) is 11.1 Å². The van der Waals surface area contributed by atoms with Crippen molar-refractivity contribution in [2.45, 2.75) is 116 Å². The molecule has 44 heavy (non-hydrogen) atoms. The SMILES string of the molecule is CC(C)[Si](/C(C#Cc1ccc([N+](=O)[O-])cc1)=C(\C#Cc1ccc([N+](=O)[O-])cc1)[Si](C(C)C)(C(C)C)C(C)C)(C(C)C)C(C)C. The summed E-state index contributed by atoms with van der Waals surface area (Å²) in [5.41, 5.74) is 3.88. The van der Waals surface area contributed by atoms with Crippen LogP contribution in [0.15, 0.2) is 58.9 Å². The van der Waals surface area contributed by atoms with Gasteiger partial charge in [0.1, 0.15) is 16.1 Å². The zero-order valence-corrected chi connectivity index (χ0v) is 30.6. The highest BCUT2D eigenvalue weighted by atomic mass is 28.3. The maximum atomic E-state index is 11.3. The Kier molecular flexibility index (Phi) is 12.5. The zero-order valence-electron chi connectivity index (χ0n) is 28.6. The third kappa shape index (κ3) is 7.25. The van der Waals surface area contributed by atoms with Crippen LogP contribution in [0.5, 0.6) is 0 Å². The van der Waals surface area contributed by atoms with E-state index in [2.05, 4.69) is 107 Å². The molecule has 0 spiro atoms. The van der Waals surface area contributed by atoms with Crippen LogP contribution in [0.1, 0.15) is 94.2 Å². The average molecular weight is 631 g/mol. The van der Waals surface area contributed by atoms with Gasteiger partial charge in [0.25, 0.3) is 11.4 Å². The number of benzene rings is 2. The van der Waals surface area contributed by atoms with Crippen molar-refractivity contribution in [3.05, 3.63) is 90.3 Å². The number of hydrogen-bond acceptors (Lipinski definition) is 4. The molecule has 0 heterocycles.